The van der Waals surface area contributed by atoms with Crippen molar-refractivity contribution in [3.05, 3.63) is 56.5 Å². The van der Waals surface area contributed by atoms with E-state index in [1.165, 1.54) is 18.2 Å². The second-order valence-corrected chi connectivity index (χ2v) is 4.81. The van der Waals surface area contributed by atoms with Gasteiger partial charge in [-0.15, -0.1) is 0 Å². The Morgan fingerprint density at radius 3 is 2.70 bits per heavy atom. The highest BCUT2D eigenvalue weighted by Crippen LogP contribution is 2.16. The lowest BCUT2D eigenvalue weighted by molar-refractivity contribution is 0.0917. The maximum absolute atomic E-state index is 13.4. The highest BCUT2D eigenvalue weighted by Gasteiger charge is 2.20. The van der Waals surface area contributed by atoms with Gasteiger partial charge in [-0.25, -0.2) is 9.18 Å². The number of aromatic nitrogens is 2. The van der Waals surface area contributed by atoms with Crippen LogP contribution in [0.2, 0.25) is 0 Å². The smallest absolute Gasteiger partial charge is 0.329 e. The largest absolute Gasteiger partial charge is 0.482 e. The Kier molecular flexibility index (Phi) is 4.95. The molecule has 0 radical (unpaired) electrons. The highest BCUT2D eigenvalue weighted by atomic mass is 19.1. The lowest BCUT2D eigenvalue weighted by Crippen LogP contribution is -2.37. The van der Waals surface area contributed by atoms with Gasteiger partial charge < -0.3 is 10.5 Å². The number of hydrogen-bond acceptors (Lipinski definition) is 5. The number of anilines is 1. The number of carbonyl (C=O) groups excluding carboxylic acids is 1. The van der Waals surface area contributed by atoms with Crippen molar-refractivity contribution in [2.75, 3.05) is 12.3 Å². The minimum absolute atomic E-state index is 0.113. The fourth-order valence-corrected chi connectivity index (χ4v) is 2.08. The van der Waals surface area contributed by atoms with Crippen molar-refractivity contribution in [1.82, 2.24) is 9.55 Å². The molecular formula is C15H16FN3O4. The van der Waals surface area contributed by atoms with Crippen LogP contribution in [0.4, 0.5) is 10.2 Å². The average molecular weight is 321 g/mol. The number of rotatable bonds is 6. The first-order valence-electron chi connectivity index (χ1n) is 6.98. The summed E-state index contributed by atoms with van der Waals surface area (Å²) in [6, 6.07) is 5.56. The van der Waals surface area contributed by atoms with Gasteiger partial charge in [-0.05, 0) is 18.6 Å². The predicted octanol–water partition coefficient (Wildman–Crippen LogP) is 0.930. The molecule has 2 rings (SSSR count). The van der Waals surface area contributed by atoms with Crippen molar-refractivity contribution < 1.29 is 13.9 Å². The standard InChI is InChI=1S/C15H16FN3O4/c1-2-7-19-13(17)12(14(21)18-15(19)22)10(20)8-23-11-6-4-3-5-9(11)16/h3-6H,2,7-8,17H2,1H3,(H,18,21,22). The van der Waals surface area contributed by atoms with Crippen LogP contribution in [0.1, 0.15) is 23.7 Å². The van der Waals surface area contributed by atoms with Crippen molar-refractivity contribution >= 4 is 11.6 Å². The molecule has 0 fully saturated rings. The number of H-pyrrole nitrogens is 1. The van der Waals surface area contributed by atoms with Crippen LogP contribution >= 0.6 is 0 Å². The number of ketones is 1. The molecule has 0 aliphatic rings. The average Bonchev–Trinajstić information content (AvgIpc) is 2.50. The number of hydrogen-bond donors (Lipinski definition) is 2. The number of nitrogens with two attached hydrogens (primary N) is 1. The molecule has 0 aliphatic carbocycles. The van der Waals surface area contributed by atoms with Crippen molar-refractivity contribution in [3.8, 4) is 5.75 Å². The molecule has 0 aliphatic heterocycles. The third kappa shape index (κ3) is 3.47. The van der Waals surface area contributed by atoms with E-state index in [-0.39, 0.29) is 23.7 Å². The Hall–Kier alpha value is -2.90. The van der Waals surface area contributed by atoms with E-state index in [1.807, 2.05) is 11.9 Å². The number of nitrogens with one attached hydrogen (secondary N) is 1. The lowest BCUT2D eigenvalue weighted by Gasteiger charge is -2.11. The van der Waals surface area contributed by atoms with E-state index in [0.29, 0.717) is 6.42 Å². The molecule has 1 aromatic heterocycles. The number of nitrogens with zero attached hydrogens (tertiary/aromatic N) is 1. The van der Waals surface area contributed by atoms with Crippen LogP contribution in [0.25, 0.3) is 0 Å². The first-order chi connectivity index (χ1) is 11.0. The van der Waals surface area contributed by atoms with Gasteiger partial charge in [-0.3, -0.25) is 19.1 Å². The Morgan fingerprint density at radius 1 is 1.35 bits per heavy atom. The predicted molar refractivity (Wildman–Crippen MR) is 82.3 cm³/mol. The van der Waals surface area contributed by atoms with Gasteiger partial charge in [-0.1, -0.05) is 19.1 Å². The van der Waals surface area contributed by atoms with E-state index in [1.54, 1.807) is 6.07 Å². The molecule has 0 atom stereocenters. The molecule has 2 aromatic rings. The van der Waals surface area contributed by atoms with E-state index in [9.17, 15) is 18.8 Å². The summed E-state index contributed by atoms with van der Waals surface area (Å²) in [5.74, 6) is -1.70. The summed E-state index contributed by atoms with van der Waals surface area (Å²) in [5, 5.41) is 0. The highest BCUT2D eigenvalue weighted by molar-refractivity contribution is 6.00. The second kappa shape index (κ2) is 6.91. The molecule has 0 saturated carbocycles. The minimum atomic E-state index is -0.887. The van der Waals surface area contributed by atoms with Crippen LogP contribution in [-0.2, 0) is 6.54 Å². The monoisotopic (exact) mass is 321 g/mol. The van der Waals surface area contributed by atoms with Crippen LogP contribution < -0.4 is 21.7 Å². The maximum atomic E-state index is 13.4. The van der Waals surface area contributed by atoms with Gasteiger partial charge in [0.2, 0.25) is 5.78 Å². The van der Waals surface area contributed by atoms with Crippen LogP contribution in [0.3, 0.4) is 0 Å². The van der Waals surface area contributed by atoms with Crippen LogP contribution in [0.5, 0.6) is 5.75 Å². The number of halogens is 1. The molecule has 7 nitrogen and oxygen atoms in total. The molecule has 23 heavy (non-hydrogen) atoms. The van der Waals surface area contributed by atoms with Gasteiger partial charge in [0.1, 0.15) is 11.4 Å². The Labute approximate surface area is 130 Å². The second-order valence-electron chi connectivity index (χ2n) is 4.81. The summed E-state index contributed by atoms with van der Waals surface area (Å²) in [6.45, 7) is 1.51. The van der Waals surface area contributed by atoms with Gasteiger partial charge in [0.15, 0.2) is 18.2 Å². The Morgan fingerprint density at radius 2 is 2.04 bits per heavy atom. The quantitative estimate of drug-likeness (QED) is 0.770. The maximum Gasteiger partial charge on any atom is 0.329 e. The molecule has 0 amide bonds. The fraction of sp³-hybridized carbons (Fsp3) is 0.267. The Balaban J connectivity index is 2.29. The number of carbonyl (C=O) groups is 1. The summed E-state index contributed by atoms with van der Waals surface area (Å²) in [7, 11) is 0. The van der Waals surface area contributed by atoms with E-state index >= 15 is 0 Å². The zero-order valence-electron chi connectivity index (χ0n) is 12.5. The first kappa shape index (κ1) is 16.5. The number of benzene rings is 1. The number of aromatic amines is 1. The number of Topliss-reactive ketones (excluding diaryl/α,β-unsaturated/α-hetero) is 1. The summed E-state index contributed by atoms with van der Waals surface area (Å²) in [6.07, 6.45) is 0.593. The zero-order chi connectivity index (χ0) is 17.0. The first-order valence-corrected chi connectivity index (χ1v) is 6.98. The van der Waals surface area contributed by atoms with Gasteiger partial charge in [-0.2, -0.15) is 0 Å². The molecule has 3 N–H and O–H groups in total. The molecule has 0 unspecified atom stereocenters. The van der Waals surface area contributed by atoms with Gasteiger partial charge >= 0.3 is 5.69 Å². The summed E-state index contributed by atoms with van der Waals surface area (Å²) >= 11 is 0. The van der Waals surface area contributed by atoms with Gasteiger partial charge in [0.25, 0.3) is 5.56 Å². The molecule has 1 heterocycles. The Bertz CT molecular complexity index is 841. The van der Waals surface area contributed by atoms with Crippen LogP contribution in [0, 0.1) is 5.82 Å². The normalized spacial score (nSPS) is 10.5. The van der Waals surface area contributed by atoms with Crippen molar-refractivity contribution in [2.45, 2.75) is 19.9 Å². The molecule has 0 saturated heterocycles. The third-order valence-electron chi connectivity index (χ3n) is 3.16. The van der Waals surface area contributed by atoms with Crippen molar-refractivity contribution in [2.24, 2.45) is 0 Å². The van der Waals surface area contributed by atoms with Crippen molar-refractivity contribution in [3.63, 3.8) is 0 Å². The molecule has 122 valence electrons. The summed E-state index contributed by atoms with van der Waals surface area (Å²) in [4.78, 5) is 37.7. The fourth-order valence-electron chi connectivity index (χ4n) is 2.08. The summed E-state index contributed by atoms with van der Waals surface area (Å²) < 4.78 is 19.6. The minimum Gasteiger partial charge on any atom is -0.482 e. The SMILES string of the molecule is CCCn1c(N)c(C(=O)COc2ccccc2F)c(=O)[nH]c1=O. The zero-order valence-corrected chi connectivity index (χ0v) is 12.5. The van der Waals surface area contributed by atoms with E-state index in [4.69, 9.17) is 10.5 Å². The third-order valence-corrected chi connectivity index (χ3v) is 3.16. The number of ether oxygens (including phenoxy) is 1. The lowest BCUT2D eigenvalue weighted by atomic mass is 10.2. The van der Waals surface area contributed by atoms with Crippen molar-refractivity contribution in [1.29, 1.82) is 0 Å². The van der Waals surface area contributed by atoms with Gasteiger partial charge in [0.05, 0.1) is 0 Å². The van der Waals surface area contributed by atoms with E-state index in [0.717, 1.165) is 4.57 Å². The van der Waals surface area contributed by atoms with Crippen LogP contribution in [0.15, 0.2) is 33.9 Å². The molecule has 0 bridgehead atoms. The number of para-hydroxylation sites is 1. The van der Waals surface area contributed by atoms with Crippen LogP contribution in [-0.4, -0.2) is 21.9 Å². The molecule has 0 spiro atoms. The number of nitrogen functional groups attached to an aromatic ring is 1. The molecular weight excluding hydrogens is 305 g/mol. The molecule has 8 heteroatoms. The topological polar surface area (TPSA) is 107 Å². The van der Waals surface area contributed by atoms with E-state index in [2.05, 4.69) is 0 Å². The molecule has 1 aromatic carbocycles. The summed E-state index contributed by atoms with van der Waals surface area (Å²) in [5.41, 5.74) is 3.83. The van der Waals surface area contributed by atoms with E-state index < -0.39 is 29.5 Å². The van der Waals surface area contributed by atoms with Gasteiger partial charge in [0, 0.05) is 6.54 Å².